The van der Waals surface area contributed by atoms with Gasteiger partial charge in [-0.25, -0.2) is 14.5 Å². The molecule has 4 heterocycles. The fourth-order valence-corrected chi connectivity index (χ4v) is 3.94. The third-order valence-electron chi connectivity index (χ3n) is 5.30. The minimum absolute atomic E-state index is 0.0384. The number of nitrogens with zero attached hydrogens (tertiary/aromatic N) is 5. The average molecular weight is 372 g/mol. The zero-order valence-electron chi connectivity index (χ0n) is 15.3. The van der Waals surface area contributed by atoms with Crippen molar-refractivity contribution in [2.45, 2.75) is 25.3 Å². The van der Waals surface area contributed by atoms with Crippen LogP contribution in [0.5, 0.6) is 0 Å². The highest BCUT2D eigenvalue weighted by atomic mass is 16.2. The third kappa shape index (κ3) is 2.76. The van der Waals surface area contributed by atoms with Gasteiger partial charge in [-0.3, -0.25) is 4.79 Å². The van der Waals surface area contributed by atoms with Crippen LogP contribution in [-0.4, -0.2) is 41.9 Å². The highest BCUT2D eigenvalue weighted by molar-refractivity contribution is 6.00. The van der Waals surface area contributed by atoms with Crippen molar-refractivity contribution in [2.24, 2.45) is 0 Å². The molecule has 7 heteroatoms. The van der Waals surface area contributed by atoms with E-state index in [1.165, 1.54) is 0 Å². The van der Waals surface area contributed by atoms with Crippen LogP contribution in [-0.2, 0) is 0 Å². The summed E-state index contributed by atoms with van der Waals surface area (Å²) in [6.45, 7) is 0.708. The van der Waals surface area contributed by atoms with E-state index in [9.17, 15) is 4.79 Å². The van der Waals surface area contributed by atoms with Crippen LogP contribution >= 0.6 is 0 Å². The first-order valence-corrected chi connectivity index (χ1v) is 9.51. The number of rotatable bonds is 3. The van der Waals surface area contributed by atoms with Crippen molar-refractivity contribution in [1.82, 2.24) is 29.5 Å². The Morgan fingerprint density at radius 1 is 1.07 bits per heavy atom. The van der Waals surface area contributed by atoms with E-state index in [4.69, 9.17) is 0 Å². The van der Waals surface area contributed by atoms with Crippen LogP contribution in [0, 0.1) is 0 Å². The summed E-state index contributed by atoms with van der Waals surface area (Å²) in [6, 6.07) is 11.9. The molecule has 1 amide bonds. The van der Waals surface area contributed by atoms with Crippen LogP contribution in [0.3, 0.4) is 0 Å². The number of likely N-dealkylation sites (tertiary alicyclic amines) is 1. The van der Waals surface area contributed by atoms with Crippen molar-refractivity contribution in [1.29, 1.82) is 0 Å². The molecule has 1 N–H and O–H groups in total. The number of H-pyrrole nitrogens is 1. The van der Waals surface area contributed by atoms with Crippen molar-refractivity contribution in [3.63, 3.8) is 0 Å². The summed E-state index contributed by atoms with van der Waals surface area (Å²) < 4.78 is 1.74. The molecule has 0 aliphatic carbocycles. The second kappa shape index (κ2) is 6.92. The van der Waals surface area contributed by atoms with Gasteiger partial charge in [-0.2, -0.15) is 5.10 Å². The molecular weight excluding hydrogens is 352 g/mol. The van der Waals surface area contributed by atoms with E-state index < -0.39 is 0 Å². The van der Waals surface area contributed by atoms with Crippen LogP contribution in [0.1, 0.15) is 41.5 Å². The molecule has 1 atom stereocenters. The number of fused-ring (bicyclic) bond motifs is 1. The maximum atomic E-state index is 13.4. The number of aromatic amines is 1. The highest BCUT2D eigenvalue weighted by Gasteiger charge is 2.32. The van der Waals surface area contributed by atoms with Crippen LogP contribution in [0.4, 0.5) is 0 Å². The molecule has 0 radical (unpaired) electrons. The lowest BCUT2D eigenvalue weighted by Crippen LogP contribution is -2.39. The predicted octanol–water partition coefficient (Wildman–Crippen LogP) is 3.49. The van der Waals surface area contributed by atoms with Gasteiger partial charge in [0.25, 0.3) is 5.91 Å². The van der Waals surface area contributed by atoms with Crippen molar-refractivity contribution >= 4 is 11.6 Å². The highest BCUT2D eigenvalue weighted by Crippen LogP contribution is 2.31. The number of carbonyl (C=O) groups excluding carboxylic acids is 1. The second-order valence-electron chi connectivity index (χ2n) is 6.97. The van der Waals surface area contributed by atoms with E-state index in [1.807, 2.05) is 41.3 Å². The molecule has 1 fully saturated rings. The number of carbonyl (C=O) groups is 1. The fourth-order valence-electron chi connectivity index (χ4n) is 3.94. The van der Waals surface area contributed by atoms with Crippen molar-refractivity contribution < 1.29 is 4.79 Å². The van der Waals surface area contributed by atoms with E-state index in [2.05, 4.69) is 20.1 Å². The Labute approximate surface area is 162 Å². The third-order valence-corrected chi connectivity index (χ3v) is 5.30. The molecular formula is C21H20N6O. The van der Waals surface area contributed by atoms with Crippen molar-refractivity contribution in [3.05, 3.63) is 72.6 Å². The van der Waals surface area contributed by atoms with Gasteiger partial charge in [-0.05, 0) is 25.3 Å². The molecule has 1 aromatic carbocycles. The van der Waals surface area contributed by atoms with Crippen LogP contribution in [0.2, 0.25) is 0 Å². The average Bonchev–Trinajstić information content (AvgIpc) is 3.44. The zero-order valence-corrected chi connectivity index (χ0v) is 15.3. The Balaban J connectivity index is 1.55. The van der Waals surface area contributed by atoms with E-state index in [1.54, 1.807) is 29.3 Å². The molecule has 28 heavy (non-hydrogen) atoms. The lowest BCUT2D eigenvalue weighted by Gasteiger charge is -2.34. The van der Waals surface area contributed by atoms with Gasteiger partial charge in [0.1, 0.15) is 11.4 Å². The first-order valence-electron chi connectivity index (χ1n) is 9.51. The molecule has 1 aliphatic heterocycles. The van der Waals surface area contributed by atoms with Crippen molar-refractivity contribution in [3.8, 4) is 11.3 Å². The number of aromatic nitrogens is 5. The van der Waals surface area contributed by atoms with Gasteiger partial charge in [0, 0.05) is 30.7 Å². The van der Waals surface area contributed by atoms with Gasteiger partial charge in [-0.15, -0.1) is 0 Å². The summed E-state index contributed by atoms with van der Waals surface area (Å²) in [4.78, 5) is 27.3. The van der Waals surface area contributed by atoms with E-state index in [0.717, 1.165) is 36.3 Å². The monoisotopic (exact) mass is 372 g/mol. The standard InChI is InChI=1S/C21H20N6O/c28-21(26-13-5-4-8-18(26)19-22-11-12-23-19)16-14-25-27-17(9-10-24-20(16)27)15-6-2-1-3-7-15/h1-3,6-7,9-12,14,18H,4-5,8,13H2,(H,22,23). The van der Waals surface area contributed by atoms with Crippen molar-refractivity contribution in [2.75, 3.05) is 6.54 Å². The summed E-state index contributed by atoms with van der Waals surface area (Å²) in [6.07, 6.45) is 9.87. The SMILES string of the molecule is O=C(c1cnn2c(-c3ccccc3)ccnc12)N1CCCCC1c1ncc[nH]1. The lowest BCUT2D eigenvalue weighted by atomic mass is 10.0. The lowest BCUT2D eigenvalue weighted by molar-refractivity contribution is 0.0603. The number of hydrogen-bond acceptors (Lipinski definition) is 4. The maximum absolute atomic E-state index is 13.4. The summed E-state index contributed by atoms with van der Waals surface area (Å²) in [5, 5.41) is 4.48. The van der Waals surface area contributed by atoms with E-state index >= 15 is 0 Å². The molecule has 1 aliphatic rings. The number of amides is 1. The topological polar surface area (TPSA) is 79.2 Å². The molecule has 0 spiro atoms. The predicted molar refractivity (Wildman–Crippen MR) is 105 cm³/mol. The number of hydrogen-bond donors (Lipinski definition) is 1. The Hall–Kier alpha value is -3.48. The summed E-state index contributed by atoms with van der Waals surface area (Å²) >= 11 is 0. The molecule has 7 nitrogen and oxygen atoms in total. The molecule has 0 saturated carbocycles. The van der Waals surface area contributed by atoms with E-state index in [-0.39, 0.29) is 11.9 Å². The van der Waals surface area contributed by atoms with Gasteiger partial charge in [-0.1, -0.05) is 30.3 Å². The van der Waals surface area contributed by atoms with Gasteiger partial charge in [0.15, 0.2) is 5.65 Å². The Morgan fingerprint density at radius 3 is 2.79 bits per heavy atom. The maximum Gasteiger partial charge on any atom is 0.259 e. The fraction of sp³-hybridized carbons (Fsp3) is 0.238. The largest absolute Gasteiger partial charge is 0.347 e. The summed E-state index contributed by atoms with van der Waals surface area (Å²) in [5.41, 5.74) is 3.04. The van der Waals surface area contributed by atoms with Crippen LogP contribution < -0.4 is 0 Å². The second-order valence-corrected chi connectivity index (χ2v) is 6.97. The minimum Gasteiger partial charge on any atom is -0.347 e. The molecule has 140 valence electrons. The number of benzene rings is 1. The van der Waals surface area contributed by atoms with Gasteiger partial charge in [0.05, 0.1) is 17.9 Å². The quantitative estimate of drug-likeness (QED) is 0.597. The molecule has 5 rings (SSSR count). The Kier molecular flexibility index (Phi) is 4.12. The molecule has 0 bridgehead atoms. The van der Waals surface area contributed by atoms with Gasteiger partial charge in [0.2, 0.25) is 0 Å². The first-order chi connectivity index (χ1) is 13.8. The normalized spacial score (nSPS) is 17.1. The molecule has 1 unspecified atom stereocenters. The molecule has 1 saturated heterocycles. The van der Waals surface area contributed by atoms with Gasteiger partial charge < -0.3 is 9.88 Å². The first kappa shape index (κ1) is 16.7. The Bertz CT molecular complexity index is 1100. The molecule has 4 aromatic rings. The number of piperidine rings is 1. The van der Waals surface area contributed by atoms with E-state index in [0.29, 0.717) is 17.8 Å². The summed E-state index contributed by atoms with van der Waals surface area (Å²) in [5.74, 6) is 0.788. The van der Waals surface area contributed by atoms with Crippen LogP contribution in [0.25, 0.3) is 16.9 Å². The molecule has 3 aromatic heterocycles. The Morgan fingerprint density at radius 2 is 1.96 bits per heavy atom. The number of nitrogens with one attached hydrogen (secondary N) is 1. The zero-order chi connectivity index (χ0) is 18.9. The minimum atomic E-state index is -0.0474. The van der Waals surface area contributed by atoms with Gasteiger partial charge >= 0.3 is 0 Å². The van der Waals surface area contributed by atoms with Crippen LogP contribution in [0.15, 0.2) is 61.2 Å². The number of imidazole rings is 1. The summed E-state index contributed by atoms with van der Waals surface area (Å²) in [7, 11) is 0. The smallest absolute Gasteiger partial charge is 0.259 e.